The fourth-order valence-electron chi connectivity index (χ4n) is 3.81. The molecule has 0 saturated carbocycles. The molecule has 22 heavy (non-hydrogen) atoms. The second-order valence-electron chi connectivity index (χ2n) is 6.27. The van der Waals surface area contributed by atoms with Gasteiger partial charge in [-0.3, -0.25) is 9.78 Å². The van der Waals surface area contributed by atoms with E-state index in [-0.39, 0.29) is 11.9 Å². The maximum atomic E-state index is 12.9. The molecule has 0 bridgehead atoms. The first kappa shape index (κ1) is 13.5. The number of benzene rings is 1. The topological polar surface area (TPSA) is 33.2 Å². The second kappa shape index (κ2) is 5.56. The van der Waals surface area contributed by atoms with Crippen molar-refractivity contribution in [3.8, 4) is 0 Å². The normalized spacial score (nSPS) is 20.2. The zero-order valence-corrected chi connectivity index (χ0v) is 12.7. The highest BCUT2D eigenvalue weighted by Gasteiger charge is 2.30. The average Bonchev–Trinajstić information content (AvgIpc) is 3.23. The molecule has 1 aliphatic carbocycles. The number of hydrogen-bond acceptors (Lipinski definition) is 2. The van der Waals surface area contributed by atoms with Gasteiger partial charge in [0.2, 0.25) is 0 Å². The largest absolute Gasteiger partial charge is 0.332 e. The maximum absolute atomic E-state index is 12.9. The summed E-state index contributed by atoms with van der Waals surface area (Å²) in [6, 6.07) is 10.5. The van der Waals surface area contributed by atoms with Gasteiger partial charge in [0.1, 0.15) is 0 Å². The predicted molar refractivity (Wildman–Crippen MR) is 85.7 cm³/mol. The molecule has 1 fully saturated rings. The van der Waals surface area contributed by atoms with Crippen molar-refractivity contribution in [1.29, 1.82) is 0 Å². The molecule has 1 aromatic heterocycles. The van der Waals surface area contributed by atoms with E-state index in [1.165, 1.54) is 23.1 Å². The molecule has 1 aliphatic heterocycles. The van der Waals surface area contributed by atoms with Gasteiger partial charge in [-0.1, -0.05) is 6.07 Å². The number of fused-ring (bicyclic) bond motifs is 1. The fraction of sp³-hybridized carbons (Fsp3) is 0.368. The Labute approximate surface area is 131 Å². The monoisotopic (exact) mass is 292 g/mol. The molecule has 1 saturated heterocycles. The molecule has 2 aliphatic rings. The fourth-order valence-corrected chi connectivity index (χ4v) is 3.81. The number of hydrogen-bond donors (Lipinski definition) is 0. The third-order valence-electron chi connectivity index (χ3n) is 4.95. The average molecular weight is 292 g/mol. The van der Waals surface area contributed by atoms with Crippen LogP contribution in [0, 0.1) is 0 Å². The van der Waals surface area contributed by atoms with Crippen LogP contribution in [-0.2, 0) is 12.8 Å². The molecule has 0 spiro atoms. The summed E-state index contributed by atoms with van der Waals surface area (Å²) < 4.78 is 0. The molecule has 112 valence electrons. The molecule has 1 aromatic carbocycles. The van der Waals surface area contributed by atoms with Crippen LogP contribution in [0.2, 0.25) is 0 Å². The van der Waals surface area contributed by atoms with Crippen molar-refractivity contribution in [2.45, 2.75) is 38.1 Å². The number of nitrogens with zero attached hydrogens (tertiary/aromatic N) is 2. The van der Waals surface area contributed by atoms with Crippen molar-refractivity contribution < 1.29 is 4.79 Å². The minimum absolute atomic E-state index is 0.175. The molecule has 1 unspecified atom stereocenters. The number of aryl methyl sites for hydroxylation is 2. The van der Waals surface area contributed by atoms with Crippen LogP contribution in [0.4, 0.5) is 0 Å². The first-order valence-corrected chi connectivity index (χ1v) is 8.15. The molecular formula is C19H20N2O. The molecule has 3 nitrogen and oxygen atoms in total. The van der Waals surface area contributed by atoms with E-state index >= 15 is 0 Å². The van der Waals surface area contributed by atoms with Crippen molar-refractivity contribution in [2.24, 2.45) is 0 Å². The van der Waals surface area contributed by atoms with Crippen LogP contribution in [0.5, 0.6) is 0 Å². The summed E-state index contributed by atoms with van der Waals surface area (Å²) >= 11 is 0. The van der Waals surface area contributed by atoms with E-state index in [1.54, 1.807) is 0 Å². The molecule has 0 N–H and O–H groups in total. The molecule has 4 rings (SSSR count). The van der Waals surface area contributed by atoms with Crippen LogP contribution in [0.25, 0.3) is 0 Å². The number of aromatic nitrogens is 1. The zero-order valence-electron chi connectivity index (χ0n) is 12.7. The summed E-state index contributed by atoms with van der Waals surface area (Å²) in [6.45, 7) is 0.850. The SMILES string of the molecule is O=C(c1ccc2c(c1)CCC2)N1CCCC1c1ccncc1. The van der Waals surface area contributed by atoms with Crippen LogP contribution in [0.1, 0.15) is 52.4 Å². The molecule has 0 radical (unpaired) electrons. The highest BCUT2D eigenvalue weighted by Crippen LogP contribution is 2.33. The first-order chi connectivity index (χ1) is 10.8. The van der Waals surface area contributed by atoms with Gasteiger partial charge in [0, 0.05) is 24.5 Å². The summed E-state index contributed by atoms with van der Waals surface area (Å²) in [6.07, 6.45) is 9.23. The third kappa shape index (κ3) is 2.31. The number of likely N-dealkylation sites (tertiary alicyclic amines) is 1. The van der Waals surface area contributed by atoms with E-state index in [9.17, 15) is 4.79 Å². The van der Waals surface area contributed by atoms with Gasteiger partial charge < -0.3 is 4.90 Å². The van der Waals surface area contributed by atoms with Gasteiger partial charge in [-0.05, 0) is 73.1 Å². The van der Waals surface area contributed by atoms with Gasteiger partial charge >= 0.3 is 0 Å². The Morgan fingerprint density at radius 2 is 1.86 bits per heavy atom. The van der Waals surface area contributed by atoms with Crippen LogP contribution in [-0.4, -0.2) is 22.3 Å². The number of rotatable bonds is 2. The van der Waals surface area contributed by atoms with Gasteiger partial charge in [-0.2, -0.15) is 0 Å². The number of amides is 1. The zero-order chi connectivity index (χ0) is 14.9. The quantitative estimate of drug-likeness (QED) is 0.848. The van der Waals surface area contributed by atoms with E-state index in [2.05, 4.69) is 17.1 Å². The highest BCUT2D eigenvalue weighted by atomic mass is 16.2. The molecular weight excluding hydrogens is 272 g/mol. The molecule has 2 aromatic rings. The van der Waals surface area contributed by atoms with E-state index in [0.717, 1.165) is 37.8 Å². The Balaban J connectivity index is 1.62. The van der Waals surface area contributed by atoms with Crippen LogP contribution in [0.3, 0.4) is 0 Å². The van der Waals surface area contributed by atoms with Crippen molar-refractivity contribution in [3.63, 3.8) is 0 Å². The Morgan fingerprint density at radius 1 is 1.05 bits per heavy atom. The summed E-state index contributed by atoms with van der Waals surface area (Å²) in [5.41, 5.74) is 4.83. The van der Waals surface area contributed by atoms with E-state index in [4.69, 9.17) is 0 Å². The molecule has 3 heteroatoms. The van der Waals surface area contributed by atoms with Crippen LogP contribution >= 0.6 is 0 Å². The maximum Gasteiger partial charge on any atom is 0.254 e. The smallest absolute Gasteiger partial charge is 0.254 e. The summed E-state index contributed by atoms with van der Waals surface area (Å²) in [4.78, 5) is 19.1. The molecule has 1 atom stereocenters. The summed E-state index contributed by atoms with van der Waals surface area (Å²) in [7, 11) is 0. The lowest BCUT2D eigenvalue weighted by Crippen LogP contribution is -2.30. The number of pyridine rings is 1. The first-order valence-electron chi connectivity index (χ1n) is 8.15. The van der Waals surface area contributed by atoms with Crippen molar-refractivity contribution in [3.05, 3.63) is 65.0 Å². The standard InChI is InChI=1S/C19H20N2O/c22-19(17-7-6-14-3-1-4-16(14)13-17)21-12-2-5-18(21)15-8-10-20-11-9-15/h6-11,13,18H,1-5,12H2. The Kier molecular flexibility index (Phi) is 3.41. The molecule has 2 heterocycles. The van der Waals surface area contributed by atoms with E-state index < -0.39 is 0 Å². The van der Waals surface area contributed by atoms with Gasteiger partial charge in [0.25, 0.3) is 5.91 Å². The van der Waals surface area contributed by atoms with Crippen molar-refractivity contribution >= 4 is 5.91 Å². The lowest BCUT2D eigenvalue weighted by Gasteiger charge is -2.25. The number of carbonyl (C=O) groups is 1. The minimum Gasteiger partial charge on any atom is -0.332 e. The molecule has 1 amide bonds. The van der Waals surface area contributed by atoms with E-state index in [1.807, 2.05) is 35.5 Å². The van der Waals surface area contributed by atoms with Gasteiger partial charge in [0.15, 0.2) is 0 Å². The lowest BCUT2D eigenvalue weighted by atomic mass is 10.0. The van der Waals surface area contributed by atoms with Crippen molar-refractivity contribution in [2.75, 3.05) is 6.54 Å². The highest BCUT2D eigenvalue weighted by molar-refractivity contribution is 5.95. The Bertz CT molecular complexity index is 696. The van der Waals surface area contributed by atoms with Gasteiger partial charge in [-0.25, -0.2) is 0 Å². The third-order valence-corrected chi connectivity index (χ3v) is 4.95. The Hall–Kier alpha value is -2.16. The number of carbonyl (C=O) groups excluding carboxylic acids is 1. The van der Waals surface area contributed by atoms with Gasteiger partial charge in [-0.15, -0.1) is 0 Å². The second-order valence-corrected chi connectivity index (χ2v) is 6.27. The van der Waals surface area contributed by atoms with Crippen LogP contribution < -0.4 is 0 Å². The summed E-state index contributed by atoms with van der Waals surface area (Å²) in [5.74, 6) is 0.175. The van der Waals surface area contributed by atoms with Crippen molar-refractivity contribution in [1.82, 2.24) is 9.88 Å². The van der Waals surface area contributed by atoms with E-state index in [0.29, 0.717) is 0 Å². The minimum atomic E-state index is 0.175. The lowest BCUT2D eigenvalue weighted by molar-refractivity contribution is 0.0735. The predicted octanol–water partition coefficient (Wildman–Crippen LogP) is 3.55. The summed E-state index contributed by atoms with van der Waals surface area (Å²) in [5, 5.41) is 0. The van der Waals surface area contributed by atoms with Crippen LogP contribution in [0.15, 0.2) is 42.7 Å². The van der Waals surface area contributed by atoms with Gasteiger partial charge in [0.05, 0.1) is 6.04 Å². The Morgan fingerprint density at radius 3 is 2.73 bits per heavy atom.